The van der Waals surface area contributed by atoms with Gasteiger partial charge in [-0.25, -0.2) is 0 Å². The Morgan fingerprint density at radius 2 is 1.82 bits per heavy atom. The monoisotopic (exact) mass is 493 g/mol. The zero-order valence-electron chi connectivity index (χ0n) is 18.1. The van der Waals surface area contributed by atoms with Crippen LogP contribution in [-0.4, -0.2) is 40.3 Å². The van der Waals surface area contributed by atoms with Gasteiger partial charge in [-0.15, -0.1) is 0 Å². The molecule has 1 heterocycles. The number of hydrogen-bond donors (Lipinski definition) is 1. The number of carbonyl (C=O) groups is 1. The maximum Gasteiger partial charge on any atom is 0.422 e. The van der Waals surface area contributed by atoms with Crippen molar-refractivity contribution in [3.05, 3.63) is 29.8 Å². The fraction of sp³-hybridized carbons (Fsp3) is 0.545. The molecule has 0 radical (unpaired) electrons. The molecule has 2 fully saturated rings. The number of ether oxygens (including phenoxy) is 1. The van der Waals surface area contributed by atoms with E-state index in [1.54, 1.807) is 19.2 Å². The number of halogens is 7. The second-order valence-corrected chi connectivity index (χ2v) is 8.77. The van der Waals surface area contributed by atoms with Crippen molar-refractivity contribution in [1.82, 2.24) is 9.78 Å². The summed E-state index contributed by atoms with van der Waals surface area (Å²) in [5.74, 6) is -10.5. The number of hydrogen-bond acceptors (Lipinski definition) is 3. The molecule has 1 amide bonds. The molecule has 2 aromatic rings. The van der Waals surface area contributed by atoms with Gasteiger partial charge >= 0.3 is 18.0 Å². The predicted molar refractivity (Wildman–Crippen MR) is 108 cm³/mol. The number of carbonyl (C=O) groups excluding carboxylic acids is 1. The van der Waals surface area contributed by atoms with Crippen molar-refractivity contribution < 1.29 is 40.3 Å². The van der Waals surface area contributed by atoms with Crippen LogP contribution in [0.3, 0.4) is 0 Å². The number of alkyl halides is 7. The second-order valence-electron chi connectivity index (χ2n) is 8.77. The minimum absolute atomic E-state index is 0.0222. The number of amides is 1. The molecular weight excluding hydrogens is 471 g/mol. The molecule has 0 spiro atoms. The van der Waals surface area contributed by atoms with Gasteiger partial charge in [-0.1, -0.05) is 6.42 Å². The van der Waals surface area contributed by atoms with E-state index in [2.05, 4.69) is 10.4 Å². The third kappa shape index (κ3) is 4.58. The molecule has 2 aliphatic carbocycles. The van der Waals surface area contributed by atoms with E-state index in [0.29, 0.717) is 16.8 Å². The first-order valence-electron chi connectivity index (χ1n) is 10.7. The highest BCUT2D eigenvalue weighted by Crippen LogP contribution is 2.56. The van der Waals surface area contributed by atoms with Crippen LogP contribution in [0, 0.1) is 5.92 Å². The molecule has 5 nitrogen and oxygen atoms in total. The summed E-state index contributed by atoms with van der Waals surface area (Å²) in [5.41, 5.74) is 1.74. The van der Waals surface area contributed by atoms with Crippen molar-refractivity contribution in [1.29, 1.82) is 0 Å². The zero-order valence-corrected chi connectivity index (χ0v) is 18.1. The number of aromatic nitrogens is 2. The van der Waals surface area contributed by atoms with E-state index in [-0.39, 0.29) is 17.5 Å². The molecule has 0 bridgehead atoms. The summed E-state index contributed by atoms with van der Waals surface area (Å²) in [6.07, 6.45) is -3.72. The van der Waals surface area contributed by atoms with Crippen LogP contribution in [0.2, 0.25) is 0 Å². The molecule has 34 heavy (non-hydrogen) atoms. The maximum absolute atomic E-state index is 13.6. The minimum atomic E-state index is -4.47. The van der Waals surface area contributed by atoms with Crippen LogP contribution < -0.4 is 10.1 Å². The van der Waals surface area contributed by atoms with E-state index in [9.17, 15) is 35.5 Å². The highest BCUT2D eigenvalue weighted by molar-refractivity contribution is 5.92. The maximum atomic E-state index is 13.6. The molecule has 1 aromatic carbocycles. The zero-order chi connectivity index (χ0) is 24.9. The lowest BCUT2D eigenvalue weighted by atomic mass is 9.74. The van der Waals surface area contributed by atoms with Gasteiger partial charge in [-0.2, -0.15) is 35.8 Å². The lowest BCUT2D eigenvalue weighted by Gasteiger charge is -2.43. The van der Waals surface area contributed by atoms with Crippen LogP contribution in [0.4, 0.5) is 36.6 Å². The summed E-state index contributed by atoms with van der Waals surface area (Å²) in [6.45, 7) is -1.43. The summed E-state index contributed by atoms with van der Waals surface area (Å²) < 4.78 is 96.5. The average molecular weight is 493 g/mol. The second kappa shape index (κ2) is 8.46. The van der Waals surface area contributed by atoms with Gasteiger partial charge in [0.05, 0.1) is 5.69 Å². The number of rotatable bonds is 7. The minimum Gasteiger partial charge on any atom is -0.484 e. The molecule has 0 unspecified atom stereocenters. The molecular formula is C22H22F7N3O2. The molecule has 2 aliphatic rings. The summed E-state index contributed by atoms with van der Waals surface area (Å²) in [5, 5.41) is 6.99. The van der Waals surface area contributed by atoms with Gasteiger partial charge in [0.2, 0.25) is 5.91 Å². The SMILES string of the molecule is Cn1nc(-c2ccc(OCC(F)(F)F)cc2)c(C2CCC2)c1NC(=O)C[C@H]1CC(F)(F)C1(F)F. The fourth-order valence-corrected chi connectivity index (χ4v) is 4.21. The Kier molecular flexibility index (Phi) is 6.05. The van der Waals surface area contributed by atoms with Crippen LogP contribution in [0.25, 0.3) is 11.3 Å². The van der Waals surface area contributed by atoms with Crippen LogP contribution in [0.1, 0.15) is 43.6 Å². The largest absolute Gasteiger partial charge is 0.484 e. The lowest BCUT2D eigenvalue weighted by Crippen LogP contribution is -2.59. The van der Waals surface area contributed by atoms with Crippen molar-refractivity contribution in [2.75, 3.05) is 11.9 Å². The Hall–Kier alpha value is -2.79. The molecule has 186 valence electrons. The van der Waals surface area contributed by atoms with E-state index >= 15 is 0 Å². The van der Waals surface area contributed by atoms with E-state index in [4.69, 9.17) is 4.74 Å². The van der Waals surface area contributed by atoms with E-state index < -0.39 is 49.3 Å². The highest BCUT2D eigenvalue weighted by atomic mass is 19.4. The number of aryl methyl sites for hydroxylation is 1. The Morgan fingerprint density at radius 3 is 2.32 bits per heavy atom. The molecule has 1 N–H and O–H groups in total. The molecule has 1 aromatic heterocycles. The van der Waals surface area contributed by atoms with Gasteiger partial charge in [0.1, 0.15) is 11.6 Å². The highest BCUT2D eigenvalue weighted by Gasteiger charge is 2.71. The summed E-state index contributed by atoms with van der Waals surface area (Å²) in [7, 11) is 1.55. The van der Waals surface area contributed by atoms with Gasteiger partial charge in [0.15, 0.2) is 6.61 Å². The van der Waals surface area contributed by atoms with Crippen LogP contribution in [-0.2, 0) is 11.8 Å². The average Bonchev–Trinajstić information content (AvgIpc) is 3.00. The van der Waals surface area contributed by atoms with Crippen molar-refractivity contribution in [3.63, 3.8) is 0 Å². The first-order valence-corrected chi connectivity index (χ1v) is 10.7. The molecule has 0 saturated heterocycles. The van der Waals surface area contributed by atoms with Crippen LogP contribution >= 0.6 is 0 Å². The van der Waals surface area contributed by atoms with Gasteiger partial charge in [0, 0.05) is 36.9 Å². The Balaban J connectivity index is 1.53. The Bertz CT molecular complexity index is 1060. The van der Waals surface area contributed by atoms with Crippen molar-refractivity contribution >= 4 is 11.7 Å². The first-order chi connectivity index (χ1) is 15.8. The predicted octanol–water partition coefficient (Wildman–Crippen LogP) is 5.91. The number of nitrogens with zero attached hydrogens (tertiary/aromatic N) is 2. The van der Waals surface area contributed by atoms with Gasteiger partial charge in [-0.3, -0.25) is 9.48 Å². The van der Waals surface area contributed by atoms with Crippen LogP contribution in [0.15, 0.2) is 24.3 Å². The number of nitrogens with one attached hydrogen (secondary N) is 1. The molecule has 2 saturated carbocycles. The number of anilines is 1. The smallest absolute Gasteiger partial charge is 0.422 e. The molecule has 4 rings (SSSR count). The molecule has 1 atom stereocenters. The molecule has 12 heteroatoms. The topological polar surface area (TPSA) is 56.1 Å². The van der Waals surface area contributed by atoms with Crippen molar-refractivity contribution in [2.24, 2.45) is 13.0 Å². The molecule has 0 aliphatic heterocycles. The third-order valence-corrected chi connectivity index (χ3v) is 6.32. The van der Waals surface area contributed by atoms with Crippen molar-refractivity contribution in [2.45, 2.75) is 56.0 Å². The summed E-state index contributed by atoms with van der Waals surface area (Å²) in [4.78, 5) is 12.5. The lowest BCUT2D eigenvalue weighted by molar-refractivity contribution is -0.313. The van der Waals surface area contributed by atoms with Gasteiger partial charge in [-0.05, 0) is 43.0 Å². The summed E-state index contributed by atoms with van der Waals surface area (Å²) >= 11 is 0. The van der Waals surface area contributed by atoms with Gasteiger partial charge < -0.3 is 10.1 Å². The quantitative estimate of drug-likeness (QED) is 0.488. The Morgan fingerprint density at radius 1 is 1.18 bits per heavy atom. The van der Waals surface area contributed by atoms with Gasteiger partial charge in [0.25, 0.3) is 0 Å². The normalized spacial score (nSPS) is 21.5. The van der Waals surface area contributed by atoms with Crippen LogP contribution in [0.5, 0.6) is 5.75 Å². The summed E-state index contributed by atoms with van der Waals surface area (Å²) in [6, 6.07) is 5.83. The van der Waals surface area contributed by atoms with Crippen molar-refractivity contribution in [3.8, 4) is 17.0 Å². The number of benzene rings is 1. The van der Waals surface area contributed by atoms with E-state index in [0.717, 1.165) is 19.3 Å². The first kappa shape index (κ1) is 24.3. The third-order valence-electron chi connectivity index (χ3n) is 6.32. The Labute approximate surface area is 190 Å². The van der Waals surface area contributed by atoms with E-state index in [1.165, 1.54) is 16.8 Å². The van der Waals surface area contributed by atoms with E-state index in [1.807, 2.05) is 0 Å². The standard InChI is InChI=1S/C22H22F7N3O2/c1-32-19(30-16(33)9-14-10-20(23,24)22(14,28)29)17(12-3-2-4-12)18(31-32)13-5-7-15(8-6-13)34-11-21(25,26)27/h5-8,12,14H,2-4,9-11H2,1H3,(H,30,33)/t14-/m0/s1. The fourth-order valence-electron chi connectivity index (χ4n) is 4.21.